The Balaban J connectivity index is 1.63. The van der Waals surface area contributed by atoms with Crippen molar-refractivity contribution in [2.24, 2.45) is 0 Å². The van der Waals surface area contributed by atoms with Gasteiger partial charge in [-0.1, -0.05) is 97.1 Å². The number of pyridine rings is 1. The average Bonchev–Trinajstić information content (AvgIpc) is 2.97. The number of nitrogens with one attached hydrogen (secondary N) is 1. The summed E-state index contributed by atoms with van der Waals surface area (Å²) in [6.07, 6.45) is 1.71. The Morgan fingerprint density at radius 3 is 1.84 bits per heavy atom. The van der Waals surface area contributed by atoms with Gasteiger partial charge in [0.05, 0.1) is 6.61 Å². The van der Waals surface area contributed by atoms with Crippen LogP contribution in [0.1, 0.15) is 27.8 Å². The first-order chi connectivity index (χ1) is 18.6. The third kappa shape index (κ3) is 5.32. The lowest BCUT2D eigenvalue weighted by Gasteiger charge is -2.37. The van der Waals surface area contributed by atoms with Crippen molar-refractivity contribution in [3.63, 3.8) is 0 Å². The molecule has 5 aromatic rings. The van der Waals surface area contributed by atoms with E-state index in [2.05, 4.69) is 57.6 Å². The van der Waals surface area contributed by atoms with Crippen LogP contribution in [0.5, 0.6) is 5.75 Å². The van der Waals surface area contributed by atoms with Crippen molar-refractivity contribution in [3.8, 4) is 5.75 Å². The van der Waals surface area contributed by atoms with Gasteiger partial charge in [0.1, 0.15) is 18.0 Å². The number of hydrogen-bond donors (Lipinski definition) is 2. The number of halogens is 2. The van der Waals surface area contributed by atoms with E-state index in [0.717, 1.165) is 21.2 Å². The van der Waals surface area contributed by atoms with Gasteiger partial charge in [-0.05, 0) is 61.9 Å². The molecule has 0 unspecified atom stereocenters. The average molecular weight is 569 g/mol. The first-order valence-electron chi connectivity index (χ1n) is 12.2. The lowest BCUT2D eigenvalue weighted by Crippen LogP contribution is -2.38. The largest absolute Gasteiger partial charge is 0.485 e. The smallest absolute Gasteiger partial charge is 0.170 e. The van der Waals surface area contributed by atoms with Crippen molar-refractivity contribution >= 4 is 21.7 Å². The third-order valence-corrected chi connectivity index (χ3v) is 6.90. The molecule has 0 aliphatic carbocycles. The first kappa shape index (κ1) is 25.6. The SMILES string of the molecule is OCc1ccc(F)cc1COc1cc(Br)cnc1NC(c1ccccc1)(c1ccccc1)c1ccccc1. The summed E-state index contributed by atoms with van der Waals surface area (Å²) in [5.41, 5.74) is 3.47. The predicted octanol–water partition coefficient (Wildman–Crippen LogP) is 7.46. The van der Waals surface area contributed by atoms with Crippen LogP contribution in [0.3, 0.4) is 0 Å². The minimum atomic E-state index is -0.794. The highest BCUT2D eigenvalue weighted by Gasteiger charge is 2.37. The van der Waals surface area contributed by atoms with E-state index in [1.54, 1.807) is 12.3 Å². The Morgan fingerprint density at radius 2 is 1.32 bits per heavy atom. The standard InChI is InChI=1S/C32H26BrFN2O2/c33-28-19-30(38-22-24-18-29(34)17-16-23(24)21-37)31(35-20-28)36-32(25-10-4-1-5-11-25,26-12-6-2-7-13-26)27-14-8-3-9-15-27/h1-20,37H,21-22H2,(H,35,36). The van der Waals surface area contributed by atoms with Gasteiger partial charge in [0.15, 0.2) is 11.6 Å². The van der Waals surface area contributed by atoms with Crippen LogP contribution in [0.4, 0.5) is 10.2 Å². The van der Waals surface area contributed by atoms with E-state index >= 15 is 0 Å². The Kier molecular flexibility index (Phi) is 7.82. The molecule has 1 aromatic heterocycles. The number of anilines is 1. The van der Waals surface area contributed by atoms with Crippen LogP contribution < -0.4 is 10.1 Å². The predicted molar refractivity (Wildman–Crippen MR) is 151 cm³/mol. The van der Waals surface area contributed by atoms with Crippen LogP contribution >= 0.6 is 15.9 Å². The fraction of sp³-hybridized carbons (Fsp3) is 0.0938. The molecule has 4 aromatic carbocycles. The number of hydrogen-bond acceptors (Lipinski definition) is 4. The maximum Gasteiger partial charge on any atom is 0.170 e. The van der Waals surface area contributed by atoms with Crippen molar-refractivity contribution < 1.29 is 14.2 Å². The van der Waals surface area contributed by atoms with E-state index in [-0.39, 0.29) is 19.0 Å². The Morgan fingerprint density at radius 1 is 0.763 bits per heavy atom. The second-order valence-corrected chi connectivity index (χ2v) is 9.75. The summed E-state index contributed by atoms with van der Waals surface area (Å²) in [5.74, 6) is 0.620. The highest BCUT2D eigenvalue weighted by Crippen LogP contribution is 2.42. The second-order valence-electron chi connectivity index (χ2n) is 8.83. The van der Waals surface area contributed by atoms with Gasteiger partial charge in [-0.15, -0.1) is 0 Å². The molecule has 0 aliphatic rings. The monoisotopic (exact) mass is 568 g/mol. The number of aliphatic hydroxyl groups is 1. The molecular formula is C32H26BrFN2O2. The molecular weight excluding hydrogens is 543 g/mol. The van der Waals surface area contributed by atoms with Gasteiger partial charge in [0.25, 0.3) is 0 Å². The Hall–Kier alpha value is -4.00. The highest BCUT2D eigenvalue weighted by molar-refractivity contribution is 9.10. The summed E-state index contributed by atoms with van der Waals surface area (Å²) in [7, 11) is 0. The van der Waals surface area contributed by atoms with E-state index < -0.39 is 5.54 Å². The van der Waals surface area contributed by atoms with Gasteiger partial charge in [-0.3, -0.25) is 0 Å². The van der Waals surface area contributed by atoms with Crippen LogP contribution in [0.15, 0.2) is 126 Å². The zero-order valence-corrected chi connectivity index (χ0v) is 22.1. The van der Waals surface area contributed by atoms with Crippen LogP contribution in [-0.2, 0) is 18.8 Å². The molecule has 190 valence electrons. The quantitative estimate of drug-likeness (QED) is 0.181. The van der Waals surface area contributed by atoms with Gasteiger partial charge in [-0.25, -0.2) is 9.37 Å². The summed E-state index contributed by atoms with van der Waals surface area (Å²) in [6.45, 7) is -0.143. The number of benzene rings is 4. The molecule has 0 spiro atoms. The first-order valence-corrected chi connectivity index (χ1v) is 13.0. The molecule has 0 aliphatic heterocycles. The number of aromatic nitrogens is 1. The molecule has 0 saturated carbocycles. The fourth-order valence-electron chi connectivity index (χ4n) is 4.62. The van der Waals surface area contributed by atoms with Gasteiger partial charge in [-0.2, -0.15) is 0 Å². The minimum Gasteiger partial charge on any atom is -0.485 e. The third-order valence-electron chi connectivity index (χ3n) is 6.47. The molecule has 4 nitrogen and oxygen atoms in total. The molecule has 0 saturated heterocycles. The molecule has 6 heteroatoms. The van der Waals surface area contributed by atoms with Gasteiger partial charge in [0, 0.05) is 10.7 Å². The van der Waals surface area contributed by atoms with Crippen LogP contribution in [0.2, 0.25) is 0 Å². The topological polar surface area (TPSA) is 54.4 Å². The summed E-state index contributed by atoms with van der Waals surface area (Å²) in [4.78, 5) is 4.71. The molecule has 0 radical (unpaired) electrons. The summed E-state index contributed by atoms with van der Waals surface area (Å²) in [5, 5.41) is 13.5. The molecule has 0 amide bonds. The molecule has 5 rings (SSSR count). The Bertz CT molecular complexity index is 1400. The van der Waals surface area contributed by atoms with E-state index in [0.29, 0.717) is 22.7 Å². The van der Waals surface area contributed by atoms with Gasteiger partial charge < -0.3 is 15.2 Å². The van der Waals surface area contributed by atoms with Crippen LogP contribution in [-0.4, -0.2) is 10.1 Å². The molecule has 38 heavy (non-hydrogen) atoms. The zero-order valence-electron chi connectivity index (χ0n) is 20.5. The van der Waals surface area contributed by atoms with Crippen molar-refractivity contribution in [1.29, 1.82) is 0 Å². The lowest BCUT2D eigenvalue weighted by atomic mass is 9.77. The van der Waals surface area contributed by atoms with E-state index in [9.17, 15) is 9.50 Å². The van der Waals surface area contributed by atoms with Crippen LogP contribution in [0.25, 0.3) is 0 Å². The van der Waals surface area contributed by atoms with Crippen molar-refractivity contribution in [2.45, 2.75) is 18.8 Å². The molecule has 2 N–H and O–H groups in total. The summed E-state index contributed by atoms with van der Waals surface area (Å²) < 4.78 is 20.9. The fourth-order valence-corrected chi connectivity index (χ4v) is 4.93. The lowest BCUT2D eigenvalue weighted by molar-refractivity contribution is 0.269. The number of aliphatic hydroxyl groups excluding tert-OH is 1. The maximum atomic E-state index is 14.0. The maximum absolute atomic E-state index is 14.0. The normalized spacial score (nSPS) is 11.2. The van der Waals surface area contributed by atoms with Crippen molar-refractivity contribution in [1.82, 2.24) is 4.98 Å². The highest BCUT2D eigenvalue weighted by atomic mass is 79.9. The molecule has 0 atom stereocenters. The Labute approximate surface area is 229 Å². The van der Waals surface area contributed by atoms with Crippen molar-refractivity contribution in [2.75, 3.05) is 5.32 Å². The minimum absolute atomic E-state index is 0.0650. The number of nitrogens with zero attached hydrogens (tertiary/aromatic N) is 1. The molecule has 0 bridgehead atoms. The van der Waals surface area contributed by atoms with Gasteiger partial charge in [0.2, 0.25) is 0 Å². The van der Waals surface area contributed by atoms with E-state index in [1.165, 1.54) is 12.1 Å². The molecule has 1 heterocycles. The molecule has 0 fully saturated rings. The van der Waals surface area contributed by atoms with E-state index in [1.807, 2.05) is 60.7 Å². The summed E-state index contributed by atoms with van der Waals surface area (Å²) in [6, 6.07) is 36.7. The number of rotatable bonds is 9. The van der Waals surface area contributed by atoms with E-state index in [4.69, 9.17) is 9.72 Å². The summed E-state index contributed by atoms with van der Waals surface area (Å²) >= 11 is 3.51. The zero-order chi connectivity index (χ0) is 26.4. The van der Waals surface area contributed by atoms with Crippen LogP contribution in [0, 0.1) is 5.82 Å². The van der Waals surface area contributed by atoms with Crippen molar-refractivity contribution in [3.05, 3.63) is 160 Å². The second kappa shape index (κ2) is 11.6. The number of ether oxygens (including phenoxy) is 1. The van der Waals surface area contributed by atoms with Gasteiger partial charge >= 0.3 is 0 Å².